The van der Waals surface area contributed by atoms with Crippen LogP contribution in [0.1, 0.15) is 200 Å². The van der Waals surface area contributed by atoms with Crippen LogP contribution in [0.2, 0.25) is 0 Å². The van der Waals surface area contributed by atoms with Gasteiger partial charge in [-0.15, -0.1) is 0 Å². The molecule has 0 saturated carbocycles. The zero-order valence-corrected chi connectivity index (χ0v) is 37.0. The van der Waals surface area contributed by atoms with E-state index in [4.69, 9.17) is 9.47 Å². The molecule has 1 amide bonds. The Balaban J connectivity index is 2.39. The number of nitrogens with one attached hydrogen (secondary N) is 1. The molecule has 1 rings (SSSR count). The molecule has 1 heterocycles. The normalized spacial score (nSPS) is 21.3. The molecule has 0 aliphatic carbocycles. The molecule has 9 heteroatoms. The Labute approximate surface area is 354 Å². The summed E-state index contributed by atoms with van der Waals surface area (Å²) >= 11 is 0. The zero-order chi connectivity index (χ0) is 42.3. The van der Waals surface area contributed by atoms with Crippen molar-refractivity contribution in [2.45, 2.75) is 243 Å². The van der Waals surface area contributed by atoms with Gasteiger partial charge in [0.25, 0.3) is 0 Å². The number of aliphatic hydroxyl groups is 5. The summed E-state index contributed by atoms with van der Waals surface area (Å²) in [4.78, 5) is 12.9. The molecule has 338 valence electrons. The topological polar surface area (TPSA) is 149 Å². The van der Waals surface area contributed by atoms with Crippen LogP contribution in [0.25, 0.3) is 0 Å². The number of aliphatic hydroxyl groups excluding tert-OH is 5. The van der Waals surface area contributed by atoms with Gasteiger partial charge in [-0.25, -0.2) is 0 Å². The lowest BCUT2D eigenvalue weighted by atomic mass is 9.99. The first-order valence-corrected chi connectivity index (χ1v) is 23.9. The lowest BCUT2D eigenvalue weighted by Crippen LogP contribution is -2.60. The molecule has 0 aromatic rings. The molecule has 0 aromatic heterocycles. The molecule has 0 radical (unpaired) electrons. The van der Waals surface area contributed by atoms with Crippen molar-refractivity contribution in [1.29, 1.82) is 0 Å². The quantitative estimate of drug-likeness (QED) is 0.0265. The van der Waals surface area contributed by atoms with Gasteiger partial charge in [0.05, 0.1) is 25.4 Å². The maximum atomic E-state index is 12.9. The van der Waals surface area contributed by atoms with Crippen LogP contribution >= 0.6 is 0 Å². The highest BCUT2D eigenvalue weighted by atomic mass is 16.7. The fraction of sp³-hybridized carbons (Fsp3) is 0.816. The first kappa shape index (κ1) is 54.2. The molecule has 7 unspecified atom stereocenters. The Morgan fingerprint density at radius 1 is 0.569 bits per heavy atom. The molecule has 1 aliphatic rings. The molecule has 58 heavy (non-hydrogen) atoms. The van der Waals surface area contributed by atoms with Crippen molar-refractivity contribution < 1.29 is 39.8 Å². The van der Waals surface area contributed by atoms with Gasteiger partial charge in [-0.05, 0) is 70.6 Å². The number of hydrogen-bond donors (Lipinski definition) is 6. The van der Waals surface area contributed by atoms with E-state index in [0.717, 1.165) is 64.2 Å². The van der Waals surface area contributed by atoms with Crippen LogP contribution in [0.3, 0.4) is 0 Å². The van der Waals surface area contributed by atoms with E-state index in [2.05, 4.69) is 55.6 Å². The molecule has 0 spiro atoms. The van der Waals surface area contributed by atoms with Crippen molar-refractivity contribution >= 4 is 5.91 Å². The number of rotatable bonds is 39. The largest absolute Gasteiger partial charge is 0.394 e. The zero-order valence-electron chi connectivity index (χ0n) is 37.0. The first-order valence-electron chi connectivity index (χ1n) is 23.9. The number of amides is 1. The van der Waals surface area contributed by atoms with Crippen LogP contribution < -0.4 is 5.32 Å². The average Bonchev–Trinajstić information content (AvgIpc) is 3.22. The van der Waals surface area contributed by atoms with E-state index in [-0.39, 0.29) is 12.5 Å². The number of carbonyl (C=O) groups excluding carboxylic acids is 1. The summed E-state index contributed by atoms with van der Waals surface area (Å²) in [6.45, 7) is 3.73. The minimum atomic E-state index is -1.58. The first-order chi connectivity index (χ1) is 28.3. The lowest BCUT2D eigenvalue weighted by Gasteiger charge is -2.40. The van der Waals surface area contributed by atoms with Gasteiger partial charge >= 0.3 is 0 Å². The number of unbranched alkanes of at least 4 members (excludes halogenated alkanes) is 23. The van der Waals surface area contributed by atoms with Crippen LogP contribution in [0.15, 0.2) is 48.6 Å². The van der Waals surface area contributed by atoms with Gasteiger partial charge in [0.1, 0.15) is 24.4 Å². The molecular formula is C49H89NO8. The lowest BCUT2D eigenvalue weighted by molar-refractivity contribution is -0.302. The van der Waals surface area contributed by atoms with Crippen molar-refractivity contribution in [3.8, 4) is 0 Å². The highest BCUT2D eigenvalue weighted by molar-refractivity contribution is 5.76. The second-order valence-electron chi connectivity index (χ2n) is 16.5. The Morgan fingerprint density at radius 2 is 0.983 bits per heavy atom. The number of hydrogen-bond acceptors (Lipinski definition) is 8. The maximum absolute atomic E-state index is 12.9. The summed E-state index contributed by atoms with van der Waals surface area (Å²) in [5.74, 6) is -0.201. The molecular weight excluding hydrogens is 731 g/mol. The Kier molecular flexibility index (Phi) is 36.7. The second-order valence-corrected chi connectivity index (χ2v) is 16.5. The van der Waals surface area contributed by atoms with Crippen molar-refractivity contribution in [1.82, 2.24) is 5.32 Å². The summed E-state index contributed by atoms with van der Waals surface area (Å²) in [6.07, 6.45) is 43.0. The van der Waals surface area contributed by atoms with E-state index in [1.54, 1.807) is 6.08 Å². The Hall–Kier alpha value is -1.85. The van der Waals surface area contributed by atoms with Crippen molar-refractivity contribution in [2.24, 2.45) is 0 Å². The predicted molar refractivity (Wildman–Crippen MR) is 239 cm³/mol. The van der Waals surface area contributed by atoms with Crippen molar-refractivity contribution in [2.75, 3.05) is 13.2 Å². The third-order valence-electron chi connectivity index (χ3n) is 11.1. The summed E-state index contributed by atoms with van der Waals surface area (Å²) < 4.78 is 11.2. The molecule has 1 saturated heterocycles. The monoisotopic (exact) mass is 820 g/mol. The Morgan fingerprint density at radius 3 is 1.45 bits per heavy atom. The Bertz CT molecular complexity index is 1050. The van der Waals surface area contributed by atoms with Crippen LogP contribution in [0.4, 0.5) is 0 Å². The average molecular weight is 820 g/mol. The van der Waals surface area contributed by atoms with Gasteiger partial charge in [0.15, 0.2) is 6.29 Å². The SMILES string of the molecule is CCCCCCCC/C=C\CCCCCCCC(=O)NC(COC1OC(CO)C(O)C(O)C1O)C(O)/C=C/CC/C=C/CC/C=C/CCCCCCCCCCCC. The van der Waals surface area contributed by atoms with Gasteiger partial charge in [0, 0.05) is 6.42 Å². The second kappa shape index (κ2) is 39.3. The molecule has 6 N–H and O–H groups in total. The van der Waals surface area contributed by atoms with Gasteiger partial charge in [0.2, 0.25) is 5.91 Å². The summed E-state index contributed by atoms with van der Waals surface area (Å²) in [5.41, 5.74) is 0. The molecule has 9 nitrogen and oxygen atoms in total. The van der Waals surface area contributed by atoms with Crippen LogP contribution in [-0.4, -0.2) is 87.5 Å². The van der Waals surface area contributed by atoms with Crippen LogP contribution in [0, 0.1) is 0 Å². The number of ether oxygens (including phenoxy) is 2. The minimum Gasteiger partial charge on any atom is -0.394 e. The van der Waals surface area contributed by atoms with Gasteiger partial charge in [-0.2, -0.15) is 0 Å². The highest BCUT2D eigenvalue weighted by Crippen LogP contribution is 2.22. The molecule has 0 bridgehead atoms. The minimum absolute atomic E-state index is 0.201. The predicted octanol–water partition coefficient (Wildman–Crippen LogP) is 10.2. The molecule has 0 aromatic carbocycles. The maximum Gasteiger partial charge on any atom is 0.220 e. The third-order valence-corrected chi connectivity index (χ3v) is 11.1. The molecule has 7 atom stereocenters. The van der Waals surface area contributed by atoms with E-state index in [9.17, 15) is 30.3 Å². The van der Waals surface area contributed by atoms with Gasteiger partial charge < -0.3 is 40.3 Å². The third kappa shape index (κ3) is 29.4. The van der Waals surface area contributed by atoms with Gasteiger partial charge in [-0.1, -0.05) is 172 Å². The molecule has 1 aliphatic heterocycles. The summed E-state index contributed by atoms with van der Waals surface area (Å²) in [7, 11) is 0. The smallest absolute Gasteiger partial charge is 0.220 e. The van der Waals surface area contributed by atoms with E-state index >= 15 is 0 Å². The summed E-state index contributed by atoms with van der Waals surface area (Å²) in [5, 5.41) is 54.2. The van der Waals surface area contributed by atoms with E-state index in [1.165, 1.54) is 116 Å². The summed E-state index contributed by atoms with van der Waals surface area (Å²) in [6, 6.07) is -0.832. The highest BCUT2D eigenvalue weighted by Gasteiger charge is 2.44. The van der Waals surface area contributed by atoms with Crippen molar-refractivity contribution in [3.63, 3.8) is 0 Å². The standard InChI is InChI=1S/C49H89NO8/c1-3-5-7-9-11-13-15-17-19-20-21-22-23-25-26-28-30-32-34-36-38-43(52)42(41-57-49-48(56)47(55)46(54)44(40-51)58-49)50-45(53)39-37-35-33-31-29-27-24-18-16-14-12-10-8-6-4-2/h18,22-24,28,30,36,38,42-44,46-49,51-52,54-56H,3-17,19-21,25-27,29,31-35,37,39-41H2,1-2H3,(H,50,53)/b23-22+,24-18-,30-28+,38-36+. The van der Waals surface area contributed by atoms with E-state index < -0.39 is 49.5 Å². The van der Waals surface area contributed by atoms with Crippen LogP contribution in [-0.2, 0) is 14.3 Å². The number of carbonyl (C=O) groups is 1. The fourth-order valence-corrected chi connectivity index (χ4v) is 7.24. The number of allylic oxidation sites excluding steroid dienone is 7. The van der Waals surface area contributed by atoms with E-state index in [0.29, 0.717) is 6.42 Å². The molecule has 1 fully saturated rings. The van der Waals surface area contributed by atoms with Crippen molar-refractivity contribution in [3.05, 3.63) is 48.6 Å². The van der Waals surface area contributed by atoms with E-state index in [1.807, 2.05) is 6.08 Å². The van der Waals surface area contributed by atoms with Gasteiger partial charge in [-0.3, -0.25) is 4.79 Å². The fourth-order valence-electron chi connectivity index (χ4n) is 7.24. The van der Waals surface area contributed by atoms with Crippen LogP contribution in [0.5, 0.6) is 0 Å².